The zero-order chi connectivity index (χ0) is 16.8. The molecule has 1 aliphatic heterocycles. The van der Waals surface area contributed by atoms with Crippen LogP contribution in [0.3, 0.4) is 0 Å². The number of aliphatic imine (C=N–C) groups is 1. The van der Waals surface area contributed by atoms with Crippen LogP contribution in [0, 0.1) is 5.92 Å². The lowest BCUT2D eigenvalue weighted by molar-refractivity contribution is 0.220. The zero-order valence-corrected chi connectivity index (χ0v) is 15.2. The first kappa shape index (κ1) is 17.3. The highest BCUT2D eigenvalue weighted by Gasteiger charge is 2.33. The second kappa shape index (κ2) is 8.52. The van der Waals surface area contributed by atoms with Crippen molar-refractivity contribution in [3.8, 4) is 0 Å². The van der Waals surface area contributed by atoms with Crippen LogP contribution in [0.1, 0.15) is 50.7 Å². The van der Waals surface area contributed by atoms with Crippen molar-refractivity contribution < 1.29 is 0 Å². The lowest BCUT2D eigenvalue weighted by Gasteiger charge is -2.27. The second-order valence-corrected chi connectivity index (χ2v) is 7.26. The Hall–Kier alpha value is -1.55. The quantitative estimate of drug-likeness (QED) is 0.622. The molecule has 1 aromatic rings. The number of nitrogens with zero attached hydrogens (tertiary/aromatic N) is 2. The molecule has 1 saturated carbocycles. The SMILES string of the molecule is CCNC(=NCc1ccccc1CN1CCCCC1)NC1CC1C. The Balaban J connectivity index is 1.63. The molecule has 3 rings (SSSR count). The lowest BCUT2D eigenvalue weighted by Crippen LogP contribution is -2.39. The Kier molecular flexibility index (Phi) is 6.13. The summed E-state index contributed by atoms with van der Waals surface area (Å²) in [4.78, 5) is 7.41. The van der Waals surface area contributed by atoms with E-state index in [9.17, 15) is 0 Å². The van der Waals surface area contributed by atoms with Crippen molar-refractivity contribution in [1.29, 1.82) is 0 Å². The predicted octanol–water partition coefficient (Wildman–Crippen LogP) is 3.14. The molecule has 2 aliphatic rings. The molecule has 132 valence electrons. The molecule has 0 radical (unpaired) electrons. The van der Waals surface area contributed by atoms with Crippen LogP contribution in [-0.4, -0.2) is 36.5 Å². The highest BCUT2D eigenvalue weighted by molar-refractivity contribution is 5.80. The number of nitrogens with one attached hydrogen (secondary N) is 2. The summed E-state index contributed by atoms with van der Waals surface area (Å²) in [5, 5.41) is 6.92. The average molecular weight is 329 g/mol. The van der Waals surface area contributed by atoms with Gasteiger partial charge in [0, 0.05) is 19.1 Å². The maximum Gasteiger partial charge on any atom is 0.191 e. The topological polar surface area (TPSA) is 39.7 Å². The second-order valence-electron chi connectivity index (χ2n) is 7.26. The summed E-state index contributed by atoms with van der Waals surface area (Å²) < 4.78 is 0. The number of likely N-dealkylation sites (tertiary alicyclic amines) is 1. The zero-order valence-electron chi connectivity index (χ0n) is 15.2. The molecule has 1 aromatic carbocycles. The van der Waals surface area contributed by atoms with Gasteiger partial charge in [0.2, 0.25) is 0 Å². The van der Waals surface area contributed by atoms with Crippen LogP contribution >= 0.6 is 0 Å². The van der Waals surface area contributed by atoms with Gasteiger partial charge in [0.1, 0.15) is 0 Å². The monoisotopic (exact) mass is 328 g/mol. The molecular weight excluding hydrogens is 296 g/mol. The standard InChI is InChI=1S/C20H32N4/c1-3-21-20(23-19-13-16(19)2)22-14-17-9-5-6-10-18(17)15-24-11-7-4-8-12-24/h5-6,9-10,16,19H,3-4,7-8,11-15H2,1-2H3,(H2,21,22,23). The van der Waals surface area contributed by atoms with E-state index in [4.69, 9.17) is 4.99 Å². The van der Waals surface area contributed by atoms with Gasteiger partial charge in [0.05, 0.1) is 6.54 Å². The van der Waals surface area contributed by atoms with Crippen molar-refractivity contribution in [3.63, 3.8) is 0 Å². The lowest BCUT2D eigenvalue weighted by atomic mass is 10.1. The predicted molar refractivity (Wildman–Crippen MR) is 101 cm³/mol. The minimum atomic E-state index is 0.603. The Labute approximate surface area is 146 Å². The molecule has 2 fully saturated rings. The Morgan fingerprint density at radius 1 is 1.17 bits per heavy atom. The van der Waals surface area contributed by atoms with Crippen molar-refractivity contribution in [1.82, 2.24) is 15.5 Å². The fourth-order valence-electron chi connectivity index (χ4n) is 3.41. The maximum absolute atomic E-state index is 4.83. The molecule has 0 bridgehead atoms. The number of hydrogen-bond acceptors (Lipinski definition) is 2. The summed E-state index contributed by atoms with van der Waals surface area (Å²) >= 11 is 0. The molecule has 0 aromatic heterocycles. The van der Waals surface area contributed by atoms with Gasteiger partial charge < -0.3 is 10.6 Å². The number of benzene rings is 1. The highest BCUT2D eigenvalue weighted by Crippen LogP contribution is 2.28. The van der Waals surface area contributed by atoms with Crippen molar-refractivity contribution >= 4 is 5.96 Å². The number of rotatable bonds is 6. The summed E-state index contributed by atoms with van der Waals surface area (Å²) in [6.45, 7) is 9.61. The first-order valence-corrected chi connectivity index (χ1v) is 9.60. The van der Waals surface area contributed by atoms with E-state index < -0.39 is 0 Å². The van der Waals surface area contributed by atoms with Gasteiger partial charge in [-0.15, -0.1) is 0 Å². The summed E-state index contributed by atoms with van der Waals surface area (Å²) in [5.41, 5.74) is 2.78. The minimum absolute atomic E-state index is 0.603. The van der Waals surface area contributed by atoms with E-state index in [0.717, 1.165) is 31.5 Å². The maximum atomic E-state index is 4.83. The Bertz CT molecular complexity index is 548. The molecule has 2 unspecified atom stereocenters. The third-order valence-corrected chi connectivity index (χ3v) is 5.14. The molecular formula is C20H32N4. The number of guanidine groups is 1. The summed E-state index contributed by atoms with van der Waals surface area (Å²) in [7, 11) is 0. The summed E-state index contributed by atoms with van der Waals surface area (Å²) in [5.74, 6) is 1.74. The fraction of sp³-hybridized carbons (Fsp3) is 0.650. The number of hydrogen-bond donors (Lipinski definition) is 2. The molecule has 1 aliphatic carbocycles. The number of piperidine rings is 1. The molecule has 1 saturated heterocycles. The third kappa shape index (κ3) is 4.97. The van der Waals surface area contributed by atoms with Gasteiger partial charge >= 0.3 is 0 Å². The molecule has 4 nitrogen and oxygen atoms in total. The van der Waals surface area contributed by atoms with E-state index in [2.05, 4.69) is 53.6 Å². The van der Waals surface area contributed by atoms with E-state index in [1.54, 1.807) is 0 Å². The first-order chi connectivity index (χ1) is 11.8. The van der Waals surface area contributed by atoms with Crippen molar-refractivity contribution in [2.75, 3.05) is 19.6 Å². The van der Waals surface area contributed by atoms with Crippen LogP contribution in [0.5, 0.6) is 0 Å². The minimum Gasteiger partial charge on any atom is -0.357 e. The van der Waals surface area contributed by atoms with Gasteiger partial charge in [-0.1, -0.05) is 37.6 Å². The normalized spacial score (nSPS) is 24.7. The van der Waals surface area contributed by atoms with Gasteiger partial charge in [-0.3, -0.25) is 4.90 Å². The first-order valence-electron chi connectivity index (χ1n) is 9.60. The molecule has 24 heavy (non-hydrogen) atoms. The van der Waals surface area contributed by atoms with Crippen LogP contribution in [0.25, 0.3) is 0 Å². The van der Waals surface area contributed by atoms with Crippen molar-refractivity contribution in [2.45, 2.75) is 58.7 Å². The smallest absolute Gasteiger partial charge is 0.191 e. The van der Waals surface area contributed by atoms with Crippen LogP contribution in [0.15, 0.2) is 29.3 Å². The van der Waals surface area contributed by atoms with E-state index >= 15 is 0 Å². The van der Waals surface area contributed by atoms with Crippen LogP contribution < -0.4 is 10.6 Å². The Morgan fingerprint density at radius 3 is 2.54 bits per heavy atom. The molecule has 2 atom stereocenters. The Morgan fingerprint density at radius 2 is 1.88 bits per heavy atom. The molecule has 0 spiro atoms. The van der Waals surface area contributed by atoms with Gasteiger partial charge in [-0.05, 0) is 56.3 Å². The van der Waals surface area contributed by atoms with Crippen molar-refractivity contribution in [2.24, 2.45) is 10.9 Å². The van der Waals surface area contributed by atoms with Gasteiger partial charge in [0.15, 0.2) is 5.96 Å². The molecule has 4 heteroatoms. The van der Waals surface area contributed by atoms with Gasteiger partial charge in [-0.2, -0.15) is 0 Å². The van der Waals surface area contributed by atoms with Crippen LogP contribution in [0.4, 0.5) is 0 Å². The summed E-state index contributed by atoms with van der Waals surface area (Å²) in [6, 6.07) is 9.39. The largest absolute Gasteiger partial charge is 0.357 e. The van der Waals surface area contributed by atoms with Crippen LogP contribution in [-0.2, 0) is 13.1 Å². The van der Waals surface area contributed by atoms with E-state index in [-0.39, 0.29) is 0 Å². The van der Waals surface area contributed by atoms with E-state index in [0.29, 0.717) is 6.04 Å². The van der Waals surface area contributed by atoms with E-state index in [1.165, 1.54) is 49.9 Å². The molecule has 2 N–H and O–H groups in total. The van der Waals surface area contributed by atoms with Gasteiger partial charge in [0.25, 0.3) is 0 Å². The van der Waals surface area contributed by atoms with Crippen molar-refractivity contribution in [3.05, 3.63) is 35.4 Å². The highest BCUT2D eigenvalue weighted by atomic mass is 15.2. The van der Waals surface area contributed by atoms with Crippen LogP contribution in [0.2, 0.25) is 0 Å². The third-order valence-electron chi connectivity index (χ3n) is 5.14. The fourth-order valence-corrected chi connectivity index (χ4v) is 3.41. The van der Waals surface area contributed by atoms with E-state index in [1.807, 2.05) is 0 Å². The molecule has 1 heterocycles. The van der Waals surface area contributed by atoms with Gasteiger partial charge in [-0.25, -0.2) is 4.99 Å². The summed E-state index contributed by atoms with van der Waals surface area (Å²) in [6.07, 6.45) is 5.33. The average Bonchev–Trinajstić information content (AvgIpc) is 3.30. The molecule has 0 amide bonds.